The Labute approximate surface area is 243 Å². The van der Waals surface area contributed by atoms with Crippen LogP contribution in [-0.2, 0) is 25.3 Å². The molecule has 0 bridgehead atoms. The third-order valence-corrected chi connectivity index (χ3v) is 7.48. The molecule has 0 saturated heterocycles. The first kappa shape index (κ1) is 29.1. The molecule has 0 saturated carbocycles. The molecule has 0 fully saturated rings. The van der Waals surface area contributed by atoms with Gasteiger partial charge in [-0.2, -0.15) is 5.10 Å². The standard InChI is InChI=1S/C31H27F2N5O5/c1-16-27(17(2)37(4)35-16)19-13-22(32)28(23(33)14-19)29(40)34-24(30(41)42)15-18-7-5-9-21-20(18)8-6-10-25(21)38-26(39)11-12-36(3)31(38)43/h5-14,24H,15H2,1-4H3,(H,34,40)(H,41,42)/t24-/m0/s1. The van der Waals surface area contributed by atoms with Crippen LogP contribution >= 0.6 is 0 Å². The molecule has 12 heteroatoms. The highest BCUT2D eigenvalue weighted by molar-refractivity contribution is 5.98. The molecule has 2 heterocycles. The fraction of sp³-hybridized carbons (Fsp3) is 0.194. The van der Waals surface area contributed by atoms with Gasteiger partial charge in [0.1, 0.15) is 23.2 Å². The van der Waals surface area contributed by atoms with Gasteiger partial charge in [0.25, 0.3) is 11.5 Å². The molecule has 0 unspecified atom stereocenters. The Hall–Kier alpha value is -5.39. The van der Waals surface area contributed by atoms with Crippen molar-refractivity contribution >= 4 is 22.6 Å². The zero-order valence-electron chi connectivity index (χ0n) is 23.7. The van der Waals surface area contributed by atoms with Gasteiger partial charge in [-0.15, -0.1) is 0 Å². The van der Waals surface area contributed by atoms with Gasteiger partial charge in [-0.3, -0.25) is 14.3 Å². The third kappa shape index (κ3) is 5.23. The van der Waals surface area contributed by atoms with Crippen LogP contribution in [0.3, 0.4) is 0 Å². The fourth-order valence-electron chi connectivity index (χ4n) is 5.30. The van der Waals surface area contributed by atoms with Crippen LogP contribution in [0, 0.1) is 25.5 Å². The van der Waals surface area contributed by atoms with Gasteiger partial charge in [0.15, 0.2) is 0 Å². The maximum Gasteiger partial charge on any atom is 0.335 e. The van der Waals surface area contributed by atoms with Gasteiger partial charge in [-0.05, 0) is 48.6 Å². The SMILES string of the molecule is Cc1nn(C)c(C)c1-c1cc(F)c(C(=O)N[C@@H](Cc2cccc3c(-n4c(=O)ccn(C)c4=O)cccc23)C(=O)O)c(F)c1. The molecular formula is C31H27F2N5O5. The Morgan fingerprint density at radius 1 is 0.977 bits per heavy atom. The van der Waals surface area contributed by atoms with Gasteiger partial charge in [0, 0.05) is 49.4 Å². The van der Waals surface area contributed by atoms with Crippen molar-refractivity contribution in [3.05, 3.63) is 116 Å². The lowest BCUT2D eigenvalue weighted by Gasteiger charge is -2.18. The van der Waals surface area contributed by atoms with Crippen molar-refractivity contribution in [2.75, 3.05) is 0 Å². The Kier molecular flexibility index (Phi) is 7.53. The maximum atomic E-state index is 15.2. The molecule has 0 aliphatic carbocycles. The lowest BCUT2D eigenvalue weighted by atomic mass is 9.97. The molecule has 220 valence electrons. The number of aromatic nitrogens is 4. The summed E-state index contributed by atoms with van der Waals surface area (Å²) in [6.45, 7) is 3.45. The second-order valence-electron chi connectivity index (χ2n) is 10.2. The molecule has 3 aromatic carbocycles. The summed E-state index contributed by atoms with van der Waals surface area (Å²) in [6, 6.07) is 11.6. The summed E-state index contributed by atoms with van der Waals surface area (Å²) in [5, 5.41) is 17.5. The van der Waals surface area contributed by atoms with E-state index in [0.29, 0.717) is 39.0 Å². The predicted molar refractivity (Wildman–Crippen MR) is 155 cm³/mol. The molecule has 10 nitrogen and oxygen atoms in total. The normalized spacial score (nSPS) is 12.0. The summed E-state index contributed by atoms with van der Waals surface area (Å²) >= 11 is 0. The number of carbonyl (C=O) groups excluding carboxylic acids is 1. The number of aryl methyl sites for hydroxylation is 3. The minimum atomic E-state index is -1.56. The number of carbonyl (C=O) groups is 2. The summed E-state index contributed by atoms with van der Waals surface area (Å²) in [4.78, 5) is 50.6. The second-order valence-corrected chi connectivity index (χ2v) is 10.2. The number of amides is 1. The number of nitrogens with one attached hydrogen (secondary N) is 1. The molecule has 1 atom stereocenters. The van der Waals surface area contributed by atoms with E-state index in [1.54, 1.807) is 62.0 Å². The van der Waals surface area contributed by atoms with Crippen molar-refractivity contribution < 1.29 is 23.5 Å². The number of carboxylic acids is 1. The summed E-state index contributed by atoms with van der Waals surface area (Å²) in [5.74, 6) is -4.95. The van der Waals surface area contributed by atoms with Gasteiger partial charge in [-0.1, -0.05) is 30.3 Å². The smallest absolute Gasteiger partial charge is 0.335 e. The molecule has 0 aliphatic rings. The molecule has 1 amide bonds. The predicted octanol–water partition coefficient (Wildman–Crippen LogP) is 3.41. The molecular weight excluding hydrogens is 560 g/mol. The van der Waals surface area contributed by atoms with Gasteiger partial charge in [0.2, 0.25) is 0 Å². The molecule has 43 heavy (non-hydrogen) atoms. The highest BCUT2D eigenvalue weighted by Crippen LogP contribution is 2.30. The van der Waals surface area contributed by atoms with Crippen molar-refractivity contribution in [3.8, 4) is 16.8 Å². The minimum Gasteiger partial charge on any atom is -0.480 e. The Bertz CT molecular complexity index is 2040. The van der Waals surface area contributed by atoms with E-state index >= 15 is 8.78 Å². The van der Waals surface area contributed by atoms with E-state index in [1.807, 2.05) is 0 Å². The van der Waals surface area contributed by atoms with E-state index in [4.69, 9.17) is 0 Å². The molecule has 0 radical (unpaired) electrons. The molecule has 5 rings (SSSR count). The number of carboxylic acid groups (broad SMARTS) is 1. The number of fused-ring (bicyclic) bond motifs is 1. The number of hydrogen-bond acceptors (Lipinski definition) is 5. The summed E-state index contributed by atoms with van der Waals surface area (Å²) in [6.07, 6.45) is 1.11. The van der Waals surface area contributed by atoms with Gasteiger partial charge in [0.05, 0.1) is 11.4 Å². The molecule has 2 N–H and O–H groups in total. The van der Waals surface area contributed by atoms with E-state index in [2.05, 4.69) is 10.4 Å². The van der Waals surface area contributed by atoms with E-state index in [0.717, 1.165) is 16.7 Å². The van der Waals surface area contributed by atoms with E-state index in [-0.39, 0.29) is 12.0 Å². The van der Waals surface area contributed by atoms with Crippen molar-refractivity contribution in [1.29, 1.82) is 0 Å². The molecule has 5 aromatic rings. The van der Waals surface area contributed by atoms with Crippen molar-refractivity contribution in [2.24, 2.45) is 14.1 Å². The summed E-state index contributed by atoms with van der Waals surface area (Å²) < 4.78 is 34.2. The van der Waals surface area contributed by atoms with Crippen molar-refractivity contribution in [2.45, 2.75) is 26.3 Å². The number of hydrogen-bond donors (Lipinski definition) is 2. The van der Waals surface area contributed by atoms with Crippen LogP contribution in [0.2, 0.25) is 0 Å². The average Bonchev–Trinajstić information content (AvgIpc) is 3.20. The number of rotatable bonds is 7. The van der Waals surface area contributed by atoms with Crippen LogP contribution in [0.4, 0.5) is 8.78 Å². The van der Waals surface area contributed by atoms with Crippen molar-refractivity contribution in [1.82, 2.24) is 24.2 Å². The molecule has 0 spiro atoms. The van der Waals surface area contributed by atoms with E-state index in [1.165, 1.54) is 23.9 Å². The monoisotopic (exact) mass is 587 g/mol. The number of halogens is 2. The third-order valence-electron chi connectivity index (χ3n) is 7.48. The van der Waals surface area contributed by atoms with Crippen LogP contribution in [0.1, 0.15) is 27.3 Å². The van der Waals surface area contributed by atoms with Crippen LogP contribution in [0.15, 0.2) is 70.4 Å². The van der Waals surface area contributed by atoms with Gasteiger partial charge in [-0.25, -0.2) is 22.9 Å². The fourth-order valence-corrected chi connectivity index (χ4v) is 5.30. The highest BCUT2D eigenvalue weighted by Gasteiger charge is 2.27. The molecule has 2 aromatic heterocycles. The summed E-state index contributed by atoms with van der Waals surface area (Å²) in [5.41, 5.74) is 0.702. The topological polar surface area (TPSA) is 128 Å². The van der Waals surface area contributed by atoms with Gasteiger partial charge >= 0.3 is 11.7 Å². The maximum absolute atomic E-state index is 15.2. The van der Waals surface area contributed by atoms with Crippen LogP contribution in [0.25, 0.3) is 27.6 Å². The second kappa shape index (κ2) is 11.1. The van der Waals surface area contributed by atoms with Crippen LogP contribution in [0.5, 0.6) is 0 Å². The highest BCUT2D eigenvalue weighted by atomic mass is 19.1. The number of benzene rings is 3. The number of aliphatic carboxylic acids is 1. The minimum absolute atomic E-state index is 0.198. The first-order valence-corrected chi connectivity index (χ1v) is 13.2. The molecule has 0 aliphatic heterocycles. The Morgan fingerprint density at radius 3 is 2.26 bits per heavy atom. The van der Waals surface area contributed by atoms with Gasteiger partial charge < -0.3 is 15.0 Å². The quantitative estimate of drug-likeness (QED) is 0.301. The first-order chi connectivity index (χ1) is 20.4. The first-order valence-electron chi connectivity index (χ1n) is 13.2. The lowest BCUT2D eigenvalue weighted by molar-refractivity contribution is -0.139. The van der Waals surface area contributed by atoms with E-state index < -0.39 is 46.4 Å². The number of nitrogens with zero attached hydrogens (tertiary/aromatic N) is 4. The Balaban J connectivity index is 1.48. The summed E-state index contributed by atoms with van der Waals surface area (Å²) in [7, 11) is 3.21. The average molecular weight is 588 g/mol. The lowest BCUT2D eigenvalue weighted by Crippen LogP contribution is -2.43. The largest absolute Gasteiger partial charge is 0.480 e. The zero-order chi connectivity index (χ0) is 31.2. The zero-order valence-corrected chi connectivity index (χ0v) is 23.7. The van der Waals surface area contributed by atoms with Crippen LogP contribution < -0.4 is 16.6 Å². The Morgan fingerprint density at radius 2 is 1.63 bits per heavy atom. The van der Waals surface area contributed by atoms with Crippen molar-refractivity contribution in [3.63, 3.8) is 0 Å². The van der Waals surface area contributed by atoms with E-state index in [9.17, 15) is 24.3 Å². The van der Waals surface area contributed by atoms with Crippen LogP contribution in [-0.4, -0.2) is 41.9 Å².